The topological polar surface area (TPSA) is 55.9 Å². The molecule has 0 fully saturated rings. The Labute approximate surface area is 126 Å². The van der Waals surface area contributed by atoms with Crippen molar-refractivity contribution in [3.05, 3.63) is 35.7 Å². The minimum absolute atomic E-state index is 0.435. The molecule has 0 radical (unpaired) electrons. The first-order valence-electron chi connectivity index (χ1n) is 7.97. The van der Waals surface area contributed by atoms with E-state index in [9.17, 15) is 0 Å². The lowest BCUT2D eigenvalue weighted by Gasteiger charge is -2.16. The van der Waals surface area contributed by atoms with Gasteiger partial charge in [0.2, 0.25) is 5.89 Å². The number of hydrogen-bond acceptors (Lipinski definition) is 4. The molecule has 1 atom stereocenters. The summed E-state index contributed by atoms with van der Waals surface area (Å²) < 4.78 is 7.35. The molecule has 2 heterocycles. The molecular weight excluding hydrogens is 264 g/mol. The van der Waals surface area contributed by atoms with E-state index >= 15 is 0 Å². The van der Waals surface area contributed by atoms with Gasteiger partial charge in [-0.2, -0.15) is 4.98 Å². The van der Waals surface area contributed by atoms with Gasteiger partial charge < -0.3 is 14.4 Å². The first kappa shape index (κ1) is 15.8. The molecule has 21 heavy (non-hydrogen) atoms. The Morgan fingerprint density at radius 3 is 2.81 bits per heavy atom. The molecule has 0 aliphatic carbocycles. The van der Waals surface area contributed by atoms with Crippen LogP contribution >= 0.6 is 0 Å². The van der Waals surface area contributed by atoms with Crippen LogP contribution in [0.2, 0.25) is 0 Å². The predicted octanol–water partition coefficient (Wildman–Crippen LogP) is 3.32. The number of aryl methyl sites for hydroxylation is 1. The van der Waals surface area contributed by atoms with E-state index in [1.807, 2.05) is 6.92 Å². The first-order valence-corrected chi connectivity index (χ1v) is 7.97. The van der Waals surface area contributed by atoms with Crippen LogP contribution in [0.5, 0.6) is 0 Å². The zero-order valence-electron chi connectivity index (χ0n) is 13.3. The van der Waals surface area contributed by atoms with Crippen LogP contribution in [-0.2, 0) is 13.0 Å². The molecule has 0 aliphatic rings. The van der Waals surface area contributed by atoms with Gasteiger partial charge in [-0.05, 0) is 31.0 Å². The van der Waals surface area contributed by atoms with Gasteiger partial charge in [0.25, 0.3) is 0 Å². The van der Waals surface area contributed by atoms with Gasteiger partial charge in [-0.15, -0.1) is 0 Å². The summed E-state index contributed by atoms with van der Waals surface area (Å²) in [5.41, 5.74) is 1.33. The van der Waals surface area contributed by atoms with Crippen molar-refractivity contribution >= 4 is 0 Å². The van der Waals surface area contributed by atoms with Crippen LogP contribution in [0, 0.1) is 0 Å². The van der Waals surface area contributed by atoms with Crippen molar-refractivity contribution in [2.45, 2.75) is 59.0 Å². The summed E-state index contributed by atoms with van der Waals surface area (Å²) in [7, 11) is 0. The molecule has 0 amide bonds. The molecule has 2 rings (SSSR count). The zero-order chi connectivity index (χ0) is 15.1. The summed E-state index contributed by atoms with van der Waals surface area (Å²) in [6.07, 6.45) is 8.56. The summed E-state index contributed by atoms with van der Waals surface area (Å²) in [5.74, 6) is 1.44. The van der Waals surface area contributed by atoms with E-state index in [0.717, 1.165) is 31.6 Å². The number of nitrogens with one attached hydrogen (secondary N) is 1. The highest BCUT2D eigenvalue weighted by molar-refractivity contribution is 5.16. The van der Waals surface area contributed by atoms with Crippen LogP contribution in [-0.4, -0.2) is 21.3 Å². The third kappa shape index (κ3) is 4.43. The van der Waals surface area contributed by atoms with Crippen molar-refractivity contribution in [3.63, 3.8) is 0 Å². The maximum absolute atomic E-state index is 5.24. The molecule has 0 saturated carbocycles. The second-order valence-corrected chi connectivity index (χ2v) is 5.37. The highest BCUT2D eigenvalue weighted by Crippen LogP contribution is 2.19. The van der Waals surface area contributed by atoms with Crippen LogP contribution in [0.25, 0.3) is 0 Å². The van der Waals surface area contributed by atoms with E-state index in [-0.39, 0.29) is 0 Å². The Hall–Kier alpha value is -1.62. The fourth-order valence-electron chi connectivity index (χ4n) is 2.41. The quantitative estimate of drug-likeness (QED) is 0.769. The van der Waals surface area contributed by atoms with Gasteiger partial charge in [-0.25, -0.2) is 0 Å². The first-order chi connectivity index (χ1) is 10.3. The molecule has 116 valence electrons. The van der Waals surface area contributed by atoms with E-state index < -0.39 is 0 Å². The van der Waals surface area contributed by atoms with Crippen molar-refractivity contribution in [1.82, 2.24) is 20.0 Å². The molecule has 0 aromatic carbocycles. The highest BCUT2D eigenvalue weighted by atomic mass is 16.5. The molecule has 0 saturated heterocycles. The average Bonchev–Trinajstić information content (AvgIpc) is 3.13. The van der Waals surface area contributed by atoms with Crippen molar-refractivity contribution in [3.8, 4) is 0 Å². The second kappa shape index (κ2) is 7.98. The zero-order valence-corrected chi connectivity index (χ0v) is 13.3. The minimum atomic E-state index is 0.435. The van der Waals surface area contributed by atoms with Crippen LogP contribution in [0.15, 0.2) is 23.0 Å². The lowest BCUT2D eigenvalue weighted by molar-refractivity contribution is 0.366. The Morgan fingerprint density at radius 2 is 2.14 bits per heavy atom. The molecule has 1 N–H and O–H groups in total. The van der Waals surface area contributed by atoms with Gasteiger partial charge in [-0.3, -0.25) is 0 Å². The summed E-state index contributed by atoms with van der Waals surface area (Å²) >= 11 is 0. The van der Waals surface area contributed by atoms with Crippen molar-refractivity contribution < 1.29 is 4.52 Å². The largest absolute Gasteiger partial charge is 0.345 e. The van der Waals surface area contributed by atoms with Gasteiger partial charge in [-0.1, -0.05) is 32.3 Å². The van der Waals surface area contributed by atoms with Crippen LogP contribution in [0.3, 0.4) is 0 Å². The van der Waals surface area contributed by atoms with E-state index in [1.165, 1.54) is 12.0 Å². The molecule has 5 heteroatoms. The minimum Gasteiger partial charge on any atom is -0.345 e. The van der Waals surface area contributed by atoms with Gasteiger partial charge in [0.1, 0.15) is 6.54 Å². The van der Waals surface area contributed by atoms with Crippen molar-refractivity contribution in [1.29, 1.82) is 0 Å². The fourth-order valence-corrected chi connectivity index (χ4v) is 2.41. The van der Waals surface area contributed by atoms with Crippen LogP contribution < -0.4 is 5.32 Å². The predicted molar refractivity (Wildman–Crippen MR) is 83.2 cm³/mol. The Balaban J connectivity index is 2.01. The fraction of sp³-hybridized carbons (Fsp3) is 0.625. The normalized spacial score (nSPS) is 12.7. The second-order valence-electron chi connectivity index (χ2n) is 5.37. The number of rotatable bonds is 9. The Morgan fingerprint density at radius 1 is 1.29 bits per heavy atom. The van der Waals surface area contributed by atoms with Gasteiger partial charge in [0, 0.05) is 24.9 Å². The van der Waals surface area contributed by atoms with Crippen molar-refractivity contribution in [2.24, 2.45) is 0 Å². The standard InChI is InChI=1S/C16H26N4O/c1-4-7-14(17-9-5-2)13-8-10-20(11-13)12-16-18-15(6-3)19-21-16/h8,10-11,14,17H,4-7,9,12H2,1-3H3. The van der Waals surface area contributed by atoms with Crippen LogP contribution in [0.4, 0.5) is 0 Å². The maximum Gasteiger partial charge on any atom is 0.246 e. The summed E-state index contributed by atoms with van der Waals surface area (Å²) in [6.45, 7) is 8.14. The van der Waals surface area contributed by atoms with Gasteiger partial charge in [0.15, 0.2) is 5.82 Å². The third-order valence-electron chi connectivity index (χ3n) is 3.54. The van der Waals surface area contributed by atoms with Crippen LogP contribution in [0.1, 0.15) is 63.4 Å². The lowest BCUT2D eigenvalue weighted by Crippen LogP contribution is -2.21. The average molecular weight is 290 g/mol. The third-order valence-corrected chi connectivity index (χ3v) is 3.54. The molecule has 5 nitrogen and oxygen atoms in total. The molecule has 0 bridgehead atoms. The summed E-state index contributed by atoms with van der Waals surface area (Å²) in [6, 6.07) is 2.62. The molecular formula is C16H26N4O. The highest BCUT2D eigenvalue weighted by Gasteiger charge is 2.12. The summed E-state index contributed by atoms with van der Waals surface area (Å²) in [5, 5.41) is 7.54. The molecule has 2 aromatic heterocycles. The molecule has 0 aliphatic heterocycles. The Kier molecular flexibility index (Phi) is 5.99. The van der Waals surface area contributed by atoms with E-state index in [0.29, 0.717) is 18.5 Å². The smallest absolute Gasteiger partial charge is 0.246 e. The number of nitrogens with zero attached hydrogens (tertiary/aromatic N) is 3. The Bertz CT molecular complexity index is 532. The number of hydrogen-bond donors (Lipinski definition) is 1. The van der Waals surface area contributed by atoms with E-state index in [2.05, 4.69) is 52.3 Å². The van der Waals surface area contributed by atoms with E-state index in [4.69, 9.17) is 4.52 Å². The van der Waals surface area contributed by atoms with Gasteiger partial charge in [0.05, 0.1) is 0 Å². The van der Waals surface area contributed by atoms with Crippen molar-refractivity contribution in [2.75, 3.05) is 6.54 Å². The molecule has 2 aromatic rings. The maximum atomic E-state index is 5.24. The number of aromatic nitrogens is 3. The summed E-state index contributed by atoms with van der Waals surface area (Å²) in [4.78, 5) is 4.35. The monoisotopic (exact) mass is 290 g/mol. The SMILES string of the molecule is CCCNC(CCC)c1ccn(Cc2nc(CC)no2)c1. The van der Waals surface area contributed by atoms with E-state index in [1.54, 1.807) is 0 Å². The lowest BCUT2D eigenvalue weighted by atomic mass is 10.1. The molecule has 1 unspecified atom stereocenters. The van der Waals surface area contributed by atoms with Gasteiger partial charge >= 0.3 is 0 Å². The molecule has 0 spiro atoms.